The van der Waals surface area contributed by atoms with Gasteiger partial charge in [0.15, 0.2) is 11.5 Å². The van der Waals surface area contributed by atoms with E-state index < -0.39 is 11.2 Å². The number of methoxy groups -OCH3 is 1. The lowest BCUT2D eigenvalue weighted by Gasteiger charge is -2.75. The molecule has 6 aliphatic rings. The maximum absolute atomic E-state index is 12.2. The Labute approximate surface area is 212 Å². The van der Waals surface area contributed by atoms with E-state index in [2.05, 4.69) is 38.7 Å². The summed E-state index contributed by atoms with van der Waals surface area (Å²) in [7, 11) is 1.82. The fourth-order valence-corrected chi connectivity index (χ4v) is 9.36. The van der Waals surface area contributed by atoms with Crippen molar-refractivity contribution in [3.05, 3.63) is 23.3 Å². The van der Waals surface area contributed by atoms with Crippen LogP contribution in [0.2, 0.25) is 0 Å². The van der Waals surface area contributed by atoms with Gasteiger partial charge in [-0.2, -0.15) is 0 Å². The van der Waals surface area contributed by atoms with Crippen molar-refractivity contribution in [3.8, 4) is 11.5 Å². The average Bonchev–Trinajstić information content (AvgIpc) is 3.16. The molecule has 4 aliphatic carbocycles. The van der Waals surface area contributed by atoms with Gasteiger partial charge >= 0.3 is 0 Å². The summed E-state index contributed by atoms with van der Waals surface area (Å²) in [5.41, 5.74) is 0.713. The Morgan fingerprint density at radius 3 is 2.57 bits per heavy atom. The van der Waals surface area contributed by atoms with Crippen LogP contribution in [0.5, 0.6) is 11.5 Å². The predicted molar refractivity (Wildman–Crippen MR) is 139 cm³/mol. The summed E-state index contributed by atoms with van der Waals surface area (Å²) < 4.78 is 13.4. The molecule has 0 amide bonds. The highest BCUT2D eigenvalue weighted by molar-refractivity contribution is 5.63. The topological polar surface area (TPSA) is 62.2 Å². The van der Waals surface area contributed by atoms with Gasteiger partial charge in [0.1, 0.15) is 11.7 Å². The molecule has 1 aromatic carbocycles. The molecular formula is C30H47NO4. The van der Waals surface area contributed by atoms with Crippen molar-refractivity contribution in [2.24, 2.45) is 16.7 Å². The maximum Gasteiger partial charge on any atom is 0.165 e. The van der Waals surface area contributed by atoms with Crippen LogP contribution in [0.4, 0.5) is 0 Å². The second kappa shape index (κ2) is 7.61. The van der Waals surface area contributed by atoms with Crippen molar-refractivity contribution in [1.82, 2.24) is 4.90 Å². The Kier molecular flexibility index (Phi) is 5.51. The van der Waals surface area contributed by atoms with Crippen molar-refractivity contribution >= 4 is 0 Å². The molecule has 2 spiro atoms. The number of hydrogen-bond donors (Lipinski definition) is 2. The number of likely N-dealkylation sites (tertiary alicyclic amines) is 1. The smallest absolute Gasteiger partial charge is 0.165 e. The lowest BCUT2D eigenvalue weighted by atomic mass is 9.33. The van der Waals surface area contributed by atoms with Gasteiger partial charge in [-0.3, -0.25) is 4.90 Å². The van der Waals surface area contributed by atoms with E-state index in [1.54, 1.807) is 0 Å². The number of ether oxygens (including phenoxy) is 2. The molecule has 35 heavy (non-hydrogen) atoms. The van der Waals surface area contributed by atoms with Crippen LogP contribution in [0.25, 0.3) is 0 Å². The third-order valence-electron chi connectivity index (χ3n) is 11.5. The van der Waals surface area contributed by atoms with Gasteiger partial charge in [-0.05, 0) is 75.6 Å². The van der Waals surface area contributed by atoms with Crippen LogP contribution in [0, 0.1) is 16.7 Å². The van der Waals surface area contributed by atoms with Gasteiger partial charge in [0.25, 0.3) is 0 Å². The van der Waals surface area contributed by atoms with E-state index in [0.29, 0.717) is 11.8 Å². The predicted octanol–water partition coefficient (Wildman–Crippen LogP) is 5.44. The fraction of sp³-hybridized carbons (Fsp3) is 0.800. The molecular weight excluding hydrogens is 438 g/mol. The SMILES string of the molecule is C.CCCCN1CC[C@]23c4c5ccc(O)c4O[C@H]2[C@]2(OC)CC[C@@]3(C[C@@H]2[C@](C)(O)C(C)(C)C)[C@H]1C5. The summed E-state index contributed by atoms with van der Waals surface area (Å²) in [4.78, 5) is 2.77. The van der Waals surface area contributed by atoms with Crippen LogP contribution in [0.3, 0.4) is 0 Å². The Balaban J connectivity index is 0.00000253. The first-order chi connectivity index (χ1) is 16.0. The van der Waals surface area contributed by atoms with Crippen molar-refractivity contribution in [2.45, 2.75) is 116 Å². The van der Waals surface area contributed by atoms with Crippen LogP contribution in [-0.2, 0) is 16.6 Å². The number of nitrogens with zero attached hydrogens (tertiary/aromatic N) is 1. The normalized spacial score (nSPS) is 40.5. The molecule has 0 radical (unpaired) electrons. The number of rotatable bonds is 5. The third-order valence-corrected chi connectivity index (χ3v) is 11.5. The molecule has 196 valence electrons. The van der Waals surface area contributed by atoms with E-state index >= 15 is 0 Å². The standard InChI is InChI=1S/C29H43NO4.CH4/c1-7-8-14-30-15-13-28-22-18-9-10-19(31)23(22)34-24(28)29(33-6)12-11-27(28,21(30)16-18)17-20(29)26(5,32)25(2,3)4;/h9-10,20-21,24,31-32H,7-8,11-17H2,1-6H3;1H4/t20-,21-,24-,26+,27-,28+,29+;/m1./s1. The first-order valence-corrected chi connectivity index (χ1v) is 13.5. The summed E-state index contributed by atoms with van der Waals surface area (Å²) >= 11 is 0. The lowest BCUT2D eigenvalue weighted by molar-refractivity contribution is -0.312. The molecule has 1 aromatic rings. The van der Waals surface area contributed by atoms with Crippen molar-refractivity contribution in [3.63, 3.8) is 0 Å². The van der Waals surface area contributed by atoms with Gasteiger partial charge in [-0.1, -0.05) is 47.6 Å². The minimum Gasteiger partial charge on any atom is -0.504 e. The minimum atomic E-state index is -0.916. The first-order valence-electron chi connectivity index (χ1n) is 13.5. The maximum atomic E-state index is 12.2. The lowest BCUT2D eigenvalue weighted by Crippen LogP contribution is -2.83. The first kappa shape index (κ1) is 25.4. The van der Waals surface area contributed by atoms with Gasteiger partial charge in [0.05, 0.1) is 5.60 Å². The largest absolute Gasteiger partial charge is 0.504 e. The van der Waals surface area contributed by atoms with Crippen LogP contribution < -0.4 is 4.74 Å². The molecule has 7 atom stereocenters. The molecule has 4 fully saturated rings. The summed E-state index contributed by atoms with van der Waals surface area (Å²) in [6, 6.07) is 4.42. The van der Waals surface area contributed by atoms with Gasteiger partial charge < -0.3 is 19.7 Å². The van der Waals surface area contributed by atoms with Crippen molar-refractivity contribution < 1.29 is 19.7 Å². The Hall–Kier alpha value is -1.30. The van der Waals surface area contributed by atoms with E-state index in [4.69, 9.17) is 9.47 Å². The Bertz CT molecular complexity index is 1010. The minimum absolute atomic E-state index is 0. The number of piperidine rings is 1. The van der Waals surface area contributed by atoms with Gasteiger partial charge in [0, 0.05) is 35.5 Å². The third kappa shape index (κ3) is 2.71. The van der Waals surface area contributed by atoms with Crippen LogP contribution in [0.15, 0.2) is 12.1 Å². The molecule has 2 aliphatic heterocycles. The molecule has 7 rings (SSSR count). The summed E-state index contributed by atoms with van der Waals surface area (Å²) in [6.45, 7) is 13.0. The number of hydrogen-bond acceptors (Lipinski definition) is 5. The molecule has 0 aromatic heterocycles. The molecule has 5 nitrogen and oxygen atoms in total. The zero-order chi connectivity index (χ0) is 24.3. The molecule has 4 bridgehead atoms. The average molecular weight is 486 g/mol. The molecule has 2 heterocycles. The number of phenolic OH excluding ortho intramolecular Hbond substituents is 1. The van der Waals surface area contributed by atoms with Crippen molar-refractivity contribution in [1.29, 1.82) is 0 Å². The summed E-state index contributed by atoms with van der Waals surface area (Å²) in [5.74, 6) is 0.921. The van der Waals surface area contributed by atoms with Crippen LogP contribution in [0.1, 0.15) is 91.7 Å². The second-order valence-electron chi connectivity index (χ2n) is 13.2. The number of fused-ring (bicyclic) bond motifs is 2. The Morgan fingerprint density at radius 1 is 1.17 bits per heavy atom. The zero-order valence-electron chi connectivity index (χ0n) is 21.9. The van der Waals surface area contributed by atoms with Crippen LogP contribution >= 0.6 is 0 Å². The molecule has 3 saturated carbocycles. The molecule has 5 heteroatoms. The van der Waals surface area contributed by atoms with E-state index in [1.165, 1.54) is 24.0 Å². The zero-order valence-corrected chi connectivity index (χ0v) is 21.9. The van der Waals surface area contributed by atoms with E-state index in [0.717, 1.165) is 45.2 Å². The fourth-order valence-electron chi connectivity index (χ4n) is 9.36. The highest BCUT2D eigenvalue weighted by atomic mass is 16.6. The van der Waals surface area contributed by atoms with Crippen LogP contribution in [-0.4, -0.2) is 58.7 Å². The second-order valence-corrected chi connectivity index (χ2v) is 13.2. The number of phenols is 1. The van der Waals surface area contributed by atoms with Gasteiger partial charge in [-0.15, -0.1) is 0 Å². The monoisotopic (exact) mass is 485 g/mol. The number of benzene rings is 1. The summed E-state index contributed by atoms with van der Waals surface area (Å²) in [6.07, 6.45) is 7.24. The number of aromatic hydroxyl groups is 1. The van der Waals surface area contributed by atoms with E-state index in [9.17, 15) is 10.2 Å². The molecule has 1 saturated heterocycles. The number of unbranched alkanes of at least 4 members (excludes halogenated alkanes) is 1. The number of aliphatic hydroxyl groups is 1. The van der Waals surface area contributed by atoms with E-state index in [-0.39, 0.29) is 41.4 Å². The van der Waals surface area contributed by atoms with Gasteiger partial charge in [-0.25, -0.2) is 0 Å². The van der Waals surface area contributed by atoms with Gasteiger partial charge in [0.2, 0.25) is 0 Å². The molecule has 0 unspecified atom stereocenters. The highest BCUT2D eigenvalue weighted by Crippen LogP contribution is 2.78. The quantitative estimate of drug-likeness (QED) is 0.582. The van der Waals surface area contributed by atoms with E-state index in [1.807, 2.05) is 20.1 Å². The Morgan fingerprint density at radius 2 is 1.91 bits per heavy atom. The highest BCUT2D eigenvalue weighted by Gasteiger charge is 2.82. The van der Waals surface area contributed by atoms with Crippen molar-refractivity contribution in [2.75, 3.05) is 20.2 Å². The summed E-state index contributed by atoms with van der Waals surface area (Å²) in [5, 5.41) is 23.1. The molecule has 2 N–H and O–H groups in total.